The molecule has 3 rings (SSSR count). The van der Waals surface area contributed by atoms with Crippen LogP contribution >= 0.6 is 0 Å². The number of benzene rings is 2. The molecule has 0 saturated carbocycles. The van der Waals surface area contributed by atoms with Crippen LogP contribution in [0.25, 0.3) is 22.1 Å². The van der Waals surface area contributed by atoms with Crippen molar-refractivity contribution >= 4 is 16.7 Å². The third-order valence-corrected chi connectivity index (χ3v) is 3.23. The Kier molecular flexibility index (Phi) is 2.56. The summed E-state index contributed by atoms with van der Waals surface area (Å²) in [4.78, 5) is 0. The number of hydrogen-bond acceptors (Lipinski definition) is 2. The molecule has 90 valence electrons. The Hall–Kier alpha value is -2.22. The molecule has 0 atom stereocenters. The molecular weight excluding hydrogens is 222 g/mol. The molecule has 2 nitrogen and oxygen atoms in total. The second-order valence-corrected chi connectivity index (χ2v) is 4.36. The molecule has 0 aliphatic rings. The lowest BCUT2D eigenvalue weighted by atomic mass is 10.0. The van der Waals surface area contributed by atoms with Crippen molar-refractivity contribution in [2.24, 2.45) is 0 Å². The lowest BCUT2D eigenvalue weighted by molar-refractivity contribution is 0.580. The Morgan fingerprint density at radius 2 is 1.67 bits per heavy atom. The first-order chi connectivity index (χ1) is 8.79. The highest BCUT2D eigenvalue weighted by Gasteiger charge is 2.11. The maximum atomic E-state index is 5.79. The quantitative estimate of drug-likeness (QED) is 0.712. The van der Waals surface area contributed by atoms with Crippen molar-refractivity contribution in [3.05, 3.63) is 54.3 Å². The van der Waals surface area contributed by atoms with E-state index in [0.29, 0.717) is 0 Å². The van der Waals surface area contributed by atoms with E-state index in [1.54, 1.807) is 0 Å². The average Bonchev–Trinajstić information content (AvgIpc) is 2.75. The van der Waals surface area contributed by atoms with Gasteiger partial charge in [0.25, 0.3) is 0 Å². The summed E-state index contributed by atoms with van der Waals surface area (Å²) in [5, 5.41) is 4.30. The number of rotatable bonds is 2. The van der Waals surface area contributed by atoms with Crippen molar-refractivity contribution in [2.45, 2.75) is 6.92 Å². The molecule has 1 aromatic heterocycles. The number of hydrogen-bond donors (Lipinski definition) is 1. The van der Waals surface area contributed by atoms with Gasteiger partial charge in [-0.15, -0.1) is 0 Å². The molecule has 0 unspecified atom stereocenters. The Morgan fingerprint density at radius 3 is 2.39 bits per heavy atom. The molecule has 1 N–H and O–H groups in total. The molecule has 3 aromatic rings. The first-order valence-corrected chi connectivity index (χ1v) is 6.06. The Bertz CT molecular complexity index is 680. The van der Waals surface area contributed by atoms with Crippen molar-refractivity contribution in [3.8, 4) is 11.1 Å². The first kappa shape index (κ1) is 10.9. The van der Waals surface area contributed by atoms with E-state index in [0.717, 1.165) is 17.0 Å². The zero-order chi connectivity index (χ0) is 12.5. The summed E-state index contributed by atoms with van der Waals surface area (Å²) in [7, 11) is 1.92. The minimum absolute atomic E-state index is 0.947. The summed E-state index contributed by atoms with van der Waals surface area (Å²) in [5.74, 6) is 0.966. The average molecular weight is 237 g/mol. The molecule has 1 heterocycles. The van der Waals surface area contributed by atoms with Crippen LogP contribution in [-0.2, 0) is 0 Å². The fourth-order valence-corrected chi connectivity index (χ4v) is 2.33. The van der Waals surface area contributed by atoms with E-state index < -0.39 is 0 Å². The van der Waals surface area contributed by atoms with Gasteiger partial charge in [0.15, 0.2) is 0 Å². The van der Waals surface area contributed by atoms with Gasteiger partial charge in [-0.05, 0) is 30.7 Å². The SMILES string of the molecule is CNc1ccc(-c2c(C)oc3ccccc23)cc1. The number of nitrogens with one attached hydrogen (secondary N) is 1. The van der Waals surface area contributed by atoms with Gasteiger partial charge in [0.2, 0.25) is 0 Å². The molecule has 0 radical (unpaired) electrons. The summed E-state index contributed by atoms with van der Waals surface area (Å²) in [6.45, 7) is 2.02. The molecule has 2 heteroatoms. The summed E-state index contributed by atoms with van der Waals surface area (Å²) < 4.78 is 5.79. The van der Waals surface area contributed by atoms with Gasteiger partial charge in [-0.2, -0.15) is 0 Å². The monoisotopic (exact) mass is 237 g/mol. The molecule has 2 aromatic carbocycles. The van der Waals surface area contributed by atoms with Crippen molar-refractivity contribution in [1.82, 2.24) is 0 Å². The van der Waals surface area contributed by atoms with Crippen molar-refractivity contribution < 1.29 is 4.42 Å². The van der Waals surface area contributed by atoms with Gasteiger partial charge < -0.3 is 9.73 Å². The molecular formula is C16H15NO. The second-order valence-electron chi connectivity index (χ2n) is 4.36. The van der Waals surface area contributed by atoms with Crippen LogP contribution < -0.4 is 5.32 Å². The highest BCUT2D eigenvalue weighted by molar-refractivity contribution is 5.95. The van der Waals surface area contributed by atoms with Gasteiger partial charge in [0.05, 0.1) is 0 Å². The number of fused-ring (bicyclic) bond motifs is 1. The molecule has 0 aliphatic carbocycles. The van der Waals surface area contributed by atoms with Crippen LogP contribution in [0.15, 0.2) is 52.9 Å². The molecule has 0 saturated heterocycles. The van der Waals surface area contributed by atoms with Gasteiger partial charge in [-0.3, -0.25) is 0 Å². The van der Waals surface area contributed by atoms with Crippen molar-refractivity contribution in [1.29, 1.82) is 0 Å². The minimum atomic E-state index is 0.947. The fourth-order valence-electron chi connectivity index (χ4n) is 2.33. The van der Waals surface area contributed by atoms with Gasteiger partial charge >= 0.3 is 0 Å². The number of para-hydroxylation sites is 1. The topological polar surface area (TPSA) is 25.2 Å². The molecule has 0 amide bonds. The maximum Gasteiger partial charge on any atom is 0.134 e. The number of furan rings is 1. The van der Waals surface area contributed by atoms with Crippen LogP contribution in [0.2, 0.25) is 0 Å². The van der Waals surface area contributed by atoms with E-state index in [1.807, 2.05) is 32.2 Å². The summed E-state index contributed by atoms with van der Waals surface area (Å²) >= 11 is 0. The van der Waals surface area contributed by atoms with Crippen LogP contribution in [-0.4, -0.2) is 7.05 Å². The largest absolute Gasteiger partial charge is 0.461 e. The third kappa shape index (κ3) is 1.66. The van der Waals surface area contributed by atoms with Crippen LogP contribution in [0.3, 0.4) is 0 Å². The second kappa shape index (κ2) is 4.22. The molecule has 0 fully saturated rings. The fraction of sp³-hybridized carbons (Fsp3) is 0.125. The normalized spacial score (nSPS) is 10.8. The molecule has 0 aliphatic heterocycles. The van der Waals surface area contributed by atoms with Crippen LogP contribution in [0, 0.1) is 6.92 Å². The molecule has 0 bridgehead atoms. The Balaban J connectivity index is 2.20. The van der Waals surface area contributed by atoms with Gasteiger partial charge in [0, 0.05) is 23.7 Å². The number of aryl methyl sites for hydroxylation is 1. The molecule has 18 heavy (non-hydrogen) atoms. The zero-order valence-corrected chi connectivity index (χ0v) is 10.5. The van der Waals surface area contributed by atoms with Gasteiger partial charge in [0.1, 0.15) is 11.3 Å². The Morgan fingerprint density at radius 1 is 0.944 bits per heavy atom. The van der Waals surface area contributed by atoms with Crippen LogP contribution in [0.1, 0.15) is 5.76 Å². The molecule has 0 spiro atoms. The van der Waals surface area contributed by atoms with E-state index in [-0.39, 0.29) is 0 Å². The standard InChI is InChI=1S/C16H15NO/c1-11-16(12-7-9-13(17-2)10-8-12)14-5-3-4-6-15(14)18-11/h3-10,17H,1-2H3. The van der Waals surface area contributed by atoms with E-state index in [1.165, 1.54) is 16.5 Å². The summed E-state index contributed by atoms with van der Waals surface area (Å²) in [6, 6.07) is 16.6. The highest BCUT2D eigenvalue weighted by atomic mass is 16.3. The first-order valence-electron chi connectivity index (χ1n) is 6.06. The van der Waals surface area contributed by atoms with Crippen LogP contribution in [0.5, 0.6) is 0 Å². The van der Waals surface area contributed by atoms with Crippen LogP contribution in [0.4, 0.5) is 5.69 Å². The van der Waals surface area contributed by atoms with Gasteiger partial charge in [-0.1, -0.05) is 30.3 Å². The highest BCUT2D eigenvalue weighted by Crippen LogP contribution is 2.34. The lowest BCUT2D eigenvalue weighted by Crippen LogP contribution is -1.87. The van der Waals surface area contributed by atoms with Crippen molar-refractivity contribution in [2.75, 3.05) is 12.4 Å². The van der Waals surface area contributed by atoms with Crippen molar-refractivity contribution in [3.63, 3.8) is 0 Å². The van der Waals surface area contributed by atoms with E-state index in [9.17, 15) is 0 Å². The Labute approximate surface area is 106 Å². The maximum absolute atomic E-state index is 5.79. The lowest BCUT2D eigenvalue weighted by Gasteiger charge is -2.03. The van der Waals surface area contributed by atoms with Gasteiger partial charge in [-0.25, -0.2) is 0 Å². The summed E-state index contributed by atoms with van der Waals surface area (Å²) in [6.07, 6.45) is 0. The van der Waals surface area contributed by atoms with E-state index in [2.05, 4.69) is 35.6 Å². The summed E-state index contributed by atoms with van der Waals surface area (Å²) in [5.41, 5.74) is 4.44. The van der Waals surface area contributed by atoms with E-state index >= 15 is 0 Å². The predicted octanol–water partition coefficient (Wildman–Crippen LogP) is 4.45. The predicted molar refractivity (Wildman–Crippen MR) is 75.9 cm³/mol. The number of anilines is 1. The third-order valence-electron chi connectivity index (χ3n) is 3.23. The zero-order valence-electron chi connectivity index (χ0n) is 10.5. The van der Waals surface area contributed by atoms with E-state index in [4.69, 9.17) is 4.42 Å². The smallest absolute Gasteiger partial charge is 0.134 e. The minimum Gasteiger partial charge on any atom is -0.461 e.